The highest BCUT2D eigenvalue weighted by atomic mass is 16.2. The number of nitrogens with one attached hydrogen (secondary N) is 2. The van der Waals surface area contributed by atoms with Gasteiger partial charge >= 0.3 is 6.03 Å². The summed E-state index contributed by atoms with van der Waals surface area (Å²) >= 11 is 0. The van der Waals surface area contributed by atoms with Crippen molar-refractivity contribution < 1.29 is 9.59 Å². The number of rotatable bonds is 3. The SMILES string of the molecule is CC(C)(C)C(C=O)NC(=O)N1C=C2CC3C(c4cnccn4)C3C2N1. The predicted octanol–water partition coefficient (Wildman–Crippen LogP) is 1.61. The average Bonchev–Trinajstić information content (AvgIpc) is 2.93. The summed E-state index contributed by atoms with van der Waals surface area (Å²) in [7, 11) is 0. The zero-order chi connectivity index (χ0) is 17.8. The smallest absolute Gasteiger partial charge is 0.327 e. The van der Waals surface area contributed by atoms with Crippen LogP contribution in [0.15, 0.2) is 30.4 Å². The molecule has 2 N–H and O–H groups in total. The summed E-state index contributed by atoms with van der Waals surface area (Å²) in [5.74, 6) is 1.47. The topological polar surface area (TPSA) is 87.2 Å². The maximum absolute atomic E-state index is 12.5. The molecule has 1 aliphatic heterocycles. The molecule has 2 heterocycles. The van der Waals surface area contributed by atoms with Gasteiger partial charge in [0, 0.05) is 30.7 Å². The van der Waals surface area contributed by atoms with Crippen molar-refractivity contribution >= 4 is 12.3 Å². The molecule has 7 heteroatoms. The molecule has 0 aromatic carbocycles. The Hall–Kier alpha value is -2.28. The molecule has 0 spiro atoms. The number of hydrogen-bond donors (Lipinski definition) is 2. The normalized spacial score (nSPS) is 31.0. The molecule has 0 radical (unpaired) electrons. The van der Waals surface area contributed by atoms with Gasteiger partial charge in [-0.3, -0.25) is 9.97 Å². The van der Waals surface area contributed by atoms with Crippen LogP contribution in [-0.2, 0) is 4.79 Å². The number of aromatic nitrogens is 2. The van der Waals surface area contributed by atoms with Crippen LogP contribution in [0.5, 0.6) is 0 Å². The summed E-state index contributed by atoms with van der Waals surface area (Å²) < 4.78 is 0. The molecule has 0 bridgehead atoms. The molecule has 132 valence electrons. The number of hydrogen-bond acceptors (Lipinski definition) is 5. The number of urea groups is 1. The van der Waals surface area contributed by atoms with Gasteiger partial charge in [-0.25, -0.2) is 15.2 Å². The van der Waals surface area contributed by atoms with Crippen molar-refractivity contribution in [3.05, 3.63) is 36.1 Å². The first kappa shape index (κ1) is 16.2. The fourth-order valence-electron chi connectivity index (χ4n) is 4.09. The highest BCUT2D eigenvalue weighted by Crippen LogP contribution is 2.65. The lowest BCUT2D eigenvalue weighted by atomic mass is 9.88. The second-order valence-electron chi connectivity index (χ2n) is 8.21. The Morgan fingerprint density at radius 3 is 2.88 bits per heavy atom. The van der Waals surface area contributed by atoms with Crippen molar-refractivity contribution in [1.29, 1.82) is 0 Å². The number of carbonyl (C=O) groups is 2. The molecule has 5 unspecified atom stereocenters. The molecule has 5 atom stereocenters. The van der Waals surface area contributed by atoms with E-state index in [0.29, 0.717) is 17.8 Å². The Balaban J connectivity index is 1.41. The van der Waals surface area contributed by atoms with E-state index in [1.807, 2.05) is 33.2 Å². The third kappa shape index (κ3) is 2.72. The quantitative estimate of drug-likeness (QED) is 0.816. The zero-order valence-electron chi connectivity index (χ0n) is 14.6. The monoisotopic (exact) mass is 341 g/mol. The van der Waals surface area contributed by atoms with E-state index < -0.39 is 6.04 Å². The van der Waals surface area contributed by atoms with Crippen molar-refractivity contribution in [2.24, 2.45) is 17.3 Å². The Kier molecular flexibility index (Phi) is 3.64. The summed E-state index contributed by atoms with van der Waals surface area (Å²) in [6.07, 6.45) is 8.90. The number of carbonyl (C=O) groups excluding carboxylic acids is 2. The molecule has 0 saturated heterocycles. The van der Waals surface area contributed by atoms with Crippen LogP contribution in [0, 0.1) is 17.3 Å². The molecule has 2 aliphatic carbocycles. The highest BCUT2D eigenvalue weighted by molar-refractivity contribution is 5.79. The maximum Gasteiger partial charge on any atom is 0.336 e. The van der Waals surface area contributed by atoms with Gasteiger partial charge in [0.1, 0.15) is 6.29 Å². The average molecular weight is 341 g/mol. The minimum atomic E-state index is -0.526. The van der Waals surface area contributed by atoms with Crippen molar-refractivity contribution in [3.63, 3.8) is 0 Å². The second kappa shape index (κ2) is 5.62. The first-order valence-electron chi connectivity index (χ1n) is 8.68. The van der Waals surface area contributed by atoms with Crippen molar-refractivity contribution in [3.8, 4) is 0 Å². The summed E-state index contributed by atoms with van der Waals surface area (Å²) in [5.41, 5.74) is 5.26. The summed E-state index contributed by atoms with van der Waals surface area (Å²) in [4.78, 5) is 32.4. The first-order valence-corrected chi connectivity index (χ1v) is 8.68. The van der Waals surface area contributed by atoms with Gasteiger partial charge < -0.3 is 10.1 Å². The van der Waals surface area contributed by atoms with E-state index in [2.05, 4.69) is 20.7 Å². The van der Waals surface area contributed by atoms with Gasteiger partial charge in [0.2, 0.25) is 0 Å². The minimum Gasteiger partial charge on any atom is -0.327 e. The first-order chi connectivity index (χ1) is 11.9. The van der Waals surface area contributed by atoms with Gasteiger partial charge in [-0.05, 0) is 29.2 Å². The van der Waals surface area contributed by atoms with E-state index >= 15 is 0 Å². The number of aldehydes is 1. The summed E-state index contributed by atoms with van der Waals surface area (Å²) in [6, 6.07) is -0.643. The Bertz CT molecular complexity index is 727. The lowest BCUT2D eigenvalue weighted by Crippen LogP contribution is -2.52. The Labute approximate surface area is 146 Å². The Morgan fingerprint density at radius 2 is 2.24 bits per heavy atom. The fourth-order valence-corrected chi connectivity index (χ4v) is 4.09. The lowest BCUT2D eigenvalue weighted by Gasteiger charge is -2.28. The molecular weight excluding hydrogens is 318 g/mol. The standard InChI is InChI=1S/C18H23N5O2/c1-18(2,3)13(9-24)21-17(25)23-8-10-6-11-14(15(11)16(10)22-23)12-7-19-4-5-20-12/h4-5,7-9,11,13-16,22H,6H2,1-3H3,(H,21,25). The molecule has 4 rings (SSSR count). The third-order valence-electron chi connectivity index (χ3n) is 5.55. The van der Waals surface area contributed by atoms with E-state index in [1.165, 1.54) is 10.6 Å². The highest BCUT2D eigenvalue weighted by Gasteiger charge is 2.63. The van der Waals surface area contributed by atoms with Crippen LogP contribution in [0.1, 0.15) is 38.8 Å². The number of fused-ring (bicyclic) bond motifs is 3. The van der Waals surface area contributed by atoms with Crippen LogP contribution in [0.25, 0.3) is 0 Å². The largest absolute Gasteiger partial charge is 0.336 e. The Morgan fingerprint density at radius 1 is 1.44 bits per heavy atom. The molecule has 7 nitrogen and oxygen atoms in total. The van der Waals surface area contributed by atoms with Crippen LogP contribution in [-0.4, -0.2) is 39.4 Å². The molecule has 1 aromatic heterocycles. The molecule has 3 aliphatic rings. The van der Waals surface area contributed by atoms with Crippen molar-refractivity contribution in [1.82, 2.24) is 25.7 Å². The van der Waals surface area contributed by atoms with Gasteiger partial charge in [-0.1, -0.05) is 20.8 Å². The van der Waals surface area contributed by atoms with E-state index in [4.69, 9.17) is 0 Å². The van der Waals surface area contributed by atoms with Crippen LogP contribution in [0.2, 0.25) is 0 Å². The fraction of sp³-hybridized carbons (Fsp3) is 0.556. The van der Waals surface area contributed by atoms with E-state index in [1.54, 1.807) is 12.4 Å². The number of hydrazine groups is 1. The minimum absolute atomic E-state index is 0.173. The number of amides is 2. The van der Waals surface area contributed by atoms with Crippen LogP contribution in [0.4, 0.5) is 4.79 Å². The van der Waals surface area contributed by atoms with E-state index in [-0.39, 0.29) is 17.5 Å². The predicted molar refractivity (Wildman–Crippen MR) is 91.1 cm³/mol. The molecular formula is C18H23N5O2. The van der Waals surface area contributed by atoms with Gasteiger partial charge in [0.25, 0.3) is 0 Å². The molecule has 25 heavy (non-hydrogen) atoms. The van der Waals surface area contributed by atoms with E-state index in [0.717, 1.165) is 18.4 Å². The van der Waals surface area contributed by atoms with Crippen molar-refractivity contribution in [2.75, 3.05) is 0 Å². The molecule has 2 fully saturated rings. The van der Waals surface area contributed by atoms with Gasteiger partial charge in [0.15, 0.2) is 0 Å². The van der Waals surface area contributed by atoms with Crippen molar-refractivity contribution in [2.45, 2.75) is 45.2 Å². The summed E-state index contributed by atoms with van der Waals surface area (Å²) in [5, 5.41) is 4.29. The maximum atomic E-state index is 12.5. The molecule has 1 aromatic rings. The number of nitrogens with zero attached hydrogens (tertiary/aromatic N) is 3. The molecule has 2 amide bonds. The second-order valence-corrected chi connectivity index (χ2v) is 8.21. The summed E-state index contributed by atoms with van der Waals surface area (Å²) in [6.45, 7) is 5.78. The third-order valence-corrected chi connectivity index (χ3v) is 5.55. The van der Waals surface area contributed by atoms with Crippen LogP contribution in [0.3, 0.4) is 0 Å². The van der Waals surface area contributed by atoms with Gasteiger partial charge in [-0.15, -0.1) is 0 Å². The van der Waals surface area contributed by atoms with Gasteiger partial charge in [-0.2, -0.15) is 0 Å². The van der Waals surface area contributed by atoms with Gasteiger partial charge in [0.05, 0.1) is 17.8 Å². The molecule has 2 saturated carbocycles. The van der Waals surface area contributed by atoms with Crippen LogP contribution >= 0.6 is 0 Å². The van der Waals surface area contributed by atoms with E-state index in [9.17, 15) is 9.59 Å². The lowest BCUT2D eigenvalue weighted by molar-refractivity contribution is -0.111. The zero-order valence-corrected chi connectivity index (χ0v) is 14.6. The van der Waals surface area contributed by atoms with Crippen LogP contribution < -0.4 is 10.7 Å².